The van der Waals surface area contributed by atoms with Gasteiger partial charge in [0.25, 0.3) is 17.7 Å². The summed E-state index contributed by atoms with van der Waals surface area (Å²) in [4.78, 5) is 86.5. The van der Waals surface area contributed by atoms with Gasteiger partial charge in [0.15, 0.2) is 5.13 Å². The second-order valence-corrected chi connectivity index (χ2v) is 17.2. The average Bonchev–Trinajstić information content (AvgIpc) is 3.78. The Hall–Kier alpha value is -5.45. The summed E-state index contributed by atoms with van der Waals surface area (Å²) in [6.45, 7) is 8.36. The summed E-state index contributed by atoms with van der Waals surface area (Å²) in [5.41, 5.74) is 3.01. The fourth-order valence-electron chi connectivity index (χ4n) is 9.06. The Morgan fingerprint density at radius 3 is 2.48 bits per heavy atom. The summed E-state index contributed by atoms with van der Waals surface area (Å²) in [5, 5.41) is 9.46. The molecule has 0 radical (unpaired) electrons. The van der Waals surface area contributed by atoms with Crippen molar-refractivity contribution in [2.45, 2.75) is 70.5 Å². The number of nitrogens with one attached hydrogen (secondary N) is 3. The van der Waals surface area contributed by atoms with Crippen LogP contribution in [0.4, 0.5) is 28.1 Å². The number of amides is 5. The molecule has 6 aliphatic rings. The number of hydrogen-bond acceptors (Lipinski definition) is 13. The first kappa shape index (κ1) is 38.1. The number of carbonyl (C=O) groups is 5. The van der Waals surface area contributed by atoms with E-state index in [9.17, 15) is 24.0 Å². The lowest BCUT2D eigenvalue weighted by Gasteiger charge is -2.53. The van der Waals surface area contributed by atoms with Crippen LogP contribution in [-0.4, -0.2) is 105 Å². The smallest absolute Gasteiger partial charge is 0.267 e. The highest BCUT2D eigenvalue weighted by molar-refractivity contribution is 7.17. The molecule has 300 valence electrons. The fourth-order valence-corrected chi connectivity index (χ4v) is 10.0. The van der Waals surface area contributed by atoms with Gasteiger partial charge in [-0.05, 0) is 81.7 Å². The van der Waals surface area contributed by atoms with Crippen LogP contribution in [0.2, 0.25) is 5.02 Å². The zero-order chi connectivity index (χ0) is 40.2. The molecule has 2 bridgehead atoms. The highest BCUT2D eigenvalue weighted by Gasteiger charge is 2.46. The number of carbonyl (C=O) groups excluding carboxylic acids is 5. The molecule has 8 heterocycles. The number of anilines is 5. The maximum Gasteiger partial charge on any atom is 0.267 e. The second-order valence-electron chi connectivity index (χ2n) is 15.8. The number of thiazole rings is 1. The molecule has 10 rings (SSSR count). The normalized spacial score (nSPS) is 22.4. The summed E-state index contributed by atoms with van der Waals surface area (Å²) in [6.07, 6.45) is 6.04. The predicted octanol–water partition coefficient (Wildman–Crippen LogP) is 5.17. The Bertz CT molecular complexity index is 2330. The molecule has 17 heteroatoms. The third-order valence-corrected chi connectivity index (χ3v) is 13.3. The van der Waals surface area contributed by atoms with Crippen LogP contribution >= 0.6 is 22.9 Å². The van der Waals surface area contributed by atoms with E-state index in [4.69, 9.17) is 16.6 Å². The molecule has 15 nitrogen and oxygen atoms in total. The van der Waals surface area contributed by atoms with Crippen molar-refractivity contribution in [1.29, 1.82) is 0 Å². The van der Waals surface area contributed by atoms with E-state index in [2.05, 4.69) is 40.6 Å². The first-order chi connectivity index (χ1) is 28.0. The maximum absolute atomic E-state index is 13.5. The van der Waals surface area contributed by atoms with Crippen LogP contribution in [0, 0.1) is 19.8 Å². The number of aromatic nitrogens is 3. The minimum atomic E-state index is -0.976. The number of hydrogen-bond donors (Lipinski definition) is 3. The van der Waals surface area contributed by atoms with E-state index >= 15 is 0 Å². The SMILES string of the molecule is Cc1nc(Nc2ncc(C(=O)Nc3c(C)cccc3Cl)s2)cc(N2CCC(CN3CC4CCC3CN4c3ccc4c(c3)C(=O)N(C3CCC(=O)NC3=O)C4=O)CC2)n1. The molecular weight excluding hydrogens is 780 g/mol. The highest BCUT2D eigenvalue weighted by Crippen LogP contribution is 2.38. The summed E-state index contributed by atoms with van der Waals surface area (Å²) >= 11 is 7.55. The van der Waals surface area contributed by atoms with Crippen molar-refractivity contribution >= 4 is 80.6 Å². The van der Waals surface area contributed by atoms with Gasteiger partial charge in [-0.25, -0.2) is 15.0 Å². The maximum atomic E-state index is 13.5. The van der Waals surface area contributed by atoms with Gasteiger partial charge >= 0.3 is 0 Å². The minimum absolute atomic E-state index is 0.0919. The Kier molecular flexibility index (Phi) is 10.1. The van der Waals surface area contributed by atoms with Crippen molar-refractivity contribution in [3.63, 3.8) is 0 Å². The first-order valence-electron chi connectivity index (χ1n) is 19.8. The van der Waals surface area contributed by atoms with Crippen molar-refractivity contribution in [3.05, 3.63) is 81.1 Å². The summed E-state index contributed by atoms with van der Waals surface area (Å²) in [6, 6.07) is 12.6. The Balaban J connectivity index is 0.787. The number of fused-ring (bicyclic) bond motifs is 4. The first-order valence-corrected chi connectivity index (χ1v) is 20.9. The topological polar surface area (TPSA) is 173 Å². The largest absolute Gasteiger partial charge is 0.366 e. The molecular formula is C41H43ClN10O5S. The van der Waals surface area contributed by atoms with Crippen molar-refractivity contribution < 1.29 is 24.0 Å². The number of piperidine rings is 4. The lowest BCUT2D eigenvalue weighted by atomic mass is 9.87. The van der Waals surface area contributed by atoms with Crippen LogP contribution in [0.15, 0.2) is 48.7 Å². The molecule has 6 aliphatic heterocycles. The standard InChI is InChI=1S/C41H43ClN10O5S/c1-22-4-3-5-30(42)36(22)48-38(55)32-18-43-41(58-32)46-33-17-34(45-23(2)44-33)49-14-12-24(13-15-49)19-50-20-27-7-6-26(50)21-51(27)25-8-9-28-29(16-25)40(57)52(39(28)56)31-10-11-35(53)47-37(31)54/h3-5,8-9,16-18,24,26-27,31H,6-7,10-15,19-21H2,1-2H3,(H,48,55)(H,47,53,54)(H,43,44,45,46). The van der Waals surface area contributed by atoms with E-state index < -0.39 is 23.8 Å². The van der Waals surface area contributed by atoms with E-state index in [-0.39, 0.29) is 24.7 Å². The molecule has 3 N–H and O–H groups in total. The van der Waals surface area contributed by atoms with Crippen LogP contribution in [0.3, 0.4) is 0 Å². The molecule has 5 fully saturated rings. The van der Waals surface area contributed by atoms with Crippen molar-refractivity contribution in [2.75, 3.05) is 53.2 Å². The van der Waals surface area contributed by atoms with Gasteiger partial charge in [0.2, 0.25) is 11.8 Å². The fraction of sp³-hybridized carbons (Fsp3) is 0.415. The van der Waals surface area contributed by atoms with Crippen LogP contribution < -0.4 is 25.8 Å². The van der Waals surface area contributed by atoms with E-state index in [0.29, 0.717) is 61.5 Å². The molecule has 2 aromatic heterocycles. The molecule has 0 saturated carbocycles. The van der Waals surface area contributed by atoms with Gasteiger partial charge in [0.1, 0.15) is 28.4 Å². The second kappa shape index (κ2) is 15.4. The predicted molar refractivity (Wildman–Crippen MR) is 220 cm³/mol. The molecule has 0 aliphatic carbocycles. The van der Waals surface area contributed by atoms with Gasteiger partial charge in [-0.3, -0.25) is 39.1 Å². The molecule has 3 atom stereocenters. The highest BCUT2D eigenvalue weighted by atomic mass is 35.5. The Morgan fingerprint density at radius 1 is 0.931 bits per heavy atom. The molecule has 3 unspecified atom stereocenters. The average molecular weight is 823 g/mol. The Labute approximate surface area is 344 Å². The summed E-state index contributed by atoms with van der Waals surface area (Å²) in [7, 11) is 0. The number of halogens is 1. The third-order valence-electron chi connectivity index (χ3n) is 12.1. The zero-order valence-electron chi connectivity index (χ0n) is 32.2. The van der Waals surface area contributed by atoms with Crippen molar-refractivity contribution in [2.24, 2.45) is 5.92 Å². The monoisotopic (exact) mass is 822 g/mol. The zero-order valence-corrected chi connectivity index (χ0v) is 33.7. The number of imide groups is 2. The van der Waals surface area contributed by atoms with E-state index in [1.54, 1.807) is 18.3 Å². The lowest BCUT2D eigenvalue weighted by molar-refractivity contribution is -0.136. The van der Waals surface area contributed by atoms with Gasteiger partial charge in [0.05, 0.1) is 28.0 Å². The van der Waals surface area contributed by atoms with Crippen molar-refractivity contribution in [3.8, 4) is 0 Å². The number of nitrogens with zero attached hydrogens (tertiary/aromatic N) is 7. The number of aryl methyl sites for hydroxylation is 2. The lowest BCUT2D eigenvalue weighted by Crippen LogP contribution is -2.63. The quantitative estimate of drug-likeness (QED) is 0.190. The number of benzene rings is 2. The summed E-state index contributed by atoms with van der Waals surface area (Å²) < 4.78 is 0. The van der Waals surface area contributed by atoms with Gasteiger partial charge in [-0.15, -0.1) is 0 Å². The molecule has 2 aromatic carbocycles. The molecule has 58 heavy (non-hydrogen) atoms. The number of rotatable bonds is 9. The number of para-hydroxylation sites is 1. The third kappa shape index (κ3) is 7.28. The molecule has 4 aromatic rings. The van der Waals surface area contributed by atoms with Crippen LogP contribution in [0.1, 0.15) is 80.3 Å². The van der Waals surface area contributed by atoms with Gasteiger partial charge in [-0.2, -0.15) is 0 Å². The minimum Gasteiger partial charge on any atom is -0.366 e. The van der Waals surface area contributed by atoms with Gasteiger partial charge in [0, 0.05) is 63.0 Å². The van der Waals surface area contributed by atoms with E-state index in [1.165, 1.54) is 11.3 Å². The Morgan fingerprint density at radius 2 is 1.72 bits per heavy atom. The molecule has 5 amide bonds. The van der Waals surface area contributed by atoms with Crippen LogP contribution in [0.25, 0.3) is 0 Å². The molecule has 0 spiro atoms. The van der Waals surface area contributed by atoms with E-state index in [1.807, 2.05) is 44.2 Å². The molecule has 5 saturated heterocycles. The summed E-state index contributed by atoms with van der Waals surface area (Å²) in [5.74, 6) is 0.446. The van der Waals surface area contributed by atoms with Gasteiger partial charge in [-0.1, -0.05) is 35.1 Å². The number of piperazine rings is 1. The van der Waals surface area contributed by atoms with Crippen molar-refractivity contribution in [1.82, 2.24) is 30.1 Å². The van der Waals surface area contributed by atoms with Crippen LogP contribution in [-0.2, 0) is 9.59 Å². The van der Waals surface area contributed by atoms with E-state index in [0.717, 1.165) is 80.4 Å². The van der Waals surface area contributed by atoms with Gasteiger partial charge < -0.3 is 20.4 Å². The van der Waals surface area contributed by atoms with Crippen LogP contribution in [0.5, 0.6) is 0 Å².